The third-order valence-corrected chi connectivity index (χ3v) is 4.14. The van der Waals surface area contributed by atoms with Gasteiger partial charge < -0.3 is 10.1 Å². The zero-order chi connectivity index (χ0) is 12.4. The number of aromatic nitrogens is 1. The summed E-state index contributed by atoms with van der Waals surface area (Å²) in [6.07, 6.45) is 2.13. The zero-order valence-electron chi connectivity index (χ0n) is 10.4. The van der Waals surface area contributed by atoms with E-state index in [-0.39, 0.29) is 0 Å². The minimum absolute atomic E-state index is 0.562. The van der Waals surface area contributed by atoms with Crippen molar-refractivity contribution in [3.8, 4) is 5.75 Å². The van der Waals surface area contributed by atoms with Crippen molar-refractivity contribution in [3.63, 3.8) is 0 Å². The molecule has 1 aliphatic rings. The Labute approximate surface area is 111 Å². The molecule has 94 valence electrons. The van der Waals surface area contributed by atoms with Crippen LogP contribution in [-0.2, 0) is 19.4 Å². The van der Waals surface area contributed by atoms with Crippen molar-refractivity contribution in [2.45, 2.75) is 26.4 Å². The molecule has 3 rings (SSSR count). The fourth-order valence-electron chi connectivity index (χ4n) is 2.06. The maximum Gasteiger partial charge on any atom is 0.140 e. The molecule has 3 nitrogen and oxygen atoms in total. The van der Waals surface area contributed by atoms with Crippen LogP contribution < -0.4 is 10.1 Å². The van der Waals surface area contributed by atoms with Gasteiger partial charge in [0.15, 0.2) is 0 Å². The second-order valence-corrected chi connectivity index (χ2v) is 5.51. The molecule has 2 aromatic rings. The first-order chi connectivity index (χ1) is 8.85. The molecule has 2 heterocycles. The van der Waals surface area contributed by atoms with Crippen LogP contribution >= 0.6 is 11.3 Å². The van der Waals surface area contributed by atoms with Crippen molar-refractivity contribution in [3.05, 3.63) is 39.7 Å². The molecule has 0 amide bonds. The van der Waals surface area contributed by atoms with Gasteiger partial charge in [-0.25, -0.2) is 4.98 Å². The summed E-state index contributed by atoms with van der Waals surface area (Å²) in [6.45, 7) is 3.73. The zero-order valence-corrected chi connectivity index (χ0v) is 11.2. The van der Waals surface area contributed by atoms with Crippen molar-refractivity contribution in [2.24, 2.45) is 0 Å². The summed E-state index contributed by atoms with van der Waals surface area (Å²) in [5, 5.41) is 4.33. The lowest BCUT2D eigenvalue weighted by Crippen LogP contribution is -1.98. The molecular weight excluding hydrogens is 244 g/mol. The fraction of sp³-hybridized carbons (Fsp3) is 0.357. The number of anilines is 1. The second kappa shape index (κ2) is 4.98. The first-order valence-corrected chi connectivity index (χ1v) is 7.11. The Morgan fingerprint density at radius 2 is 2.39 bits per heavy atom. The SMILES string of the molecule is CCc1cccc(OCc2nc3c(s2)CCN3)c1. The van der Waals surface area contributed by atoms with Crippen LogP contribution in [-0.4, -0.2) is 11.5 Å². The average molecular weight is 260 g/mol. The predicted molar refractivity (Wildman–Crippen MR) is 74.5 cm³/mol. The predicted octanol–water partition coefficient (Wildman–Crippen LogP) is 3.25. The Balaban J connectivity index is 1.66. The molecule has 0 unspecified atom stereocenters. The van der Waals surface area contributed by atoms with Gasteiger partial charge in [0, 0.05) is 13.0 Å². The Hall–Kier alpha value is -1.55. The Morgan fingerprint density at radius 3 is 3.22 bits per heavy atom. The average Bonchev–Trinajstić information content (AvgIpc) is 2.97. The molecule has 0 aliphatic carbocycles. The van der Waals surface area contributed by atoms with Crippen LogP contribution in [0.3, 0.4) is 0 Å². The third kappa shape index (κ3) is 2.34. The monoisotopic (exact) mass is 260 g/mol. The maximum atomic E-state index is 5.79. The number of rotatable bonds is 4. The molecule has 0 saturated heterocycles. The number of nitrogens with one attached hydrogen (secondary N) is 1. The van der Waals surface area contributed by atoms with Gasteiger partial charge in [-0.05, 0) is 24.1 Å². The molecule has 1 N–H and O–H groups in total. The number of ether oxygens (including phenoxy) is 1. The van der Waals surface area contributed by atoms with Crippen molar-refractivity contribution in [1.29, 1.82) is 0 Å². The van der Waals surface area contributed by atoms with E-state index in [0.29, 0.717) is 6.61 Å². The summed E-state index contributed by atoms with van der Waals surface area (Å²) in [5.41, 5.74) is 1.30. The van der Waals surface area contributed by atoms with E-state index in [0.717, 1.165) is 36.0 Å². The highest BCUT2D eigenvalue weighted by Gasteiger charge is 2.16. The lowest BCUT2D eigenvalue weighted by molar-refractivity contribution is 0.305. The summed E-state index contributed by atoms with van der Waals surface area (Å²) in [5.74, 6) is 1.98. The molecule has 0 radical (unpaired) electrons. The van der Waals surface area contributed by atoms with E-state index < -0.39 is 0 Å². The molecule has 18 heavy (non-hydrogen) atoms. The van der Waals surface area contributed by atoms with Gasteiger partial charge in [0.2, 0.25) is 0 Å². The molecule has 0 atom stereocenters. The molecule has 1 aromatic carbocycles. The molecule has 0 saturated carbocycles. The van der Waals surface area contributed by atoms with E-state index in [1.54, 1.807) is 11.3 Å². The van der Waals surface area contributed by atoms with Crippen molar-refractivity contribution < 1.29 is 4.74 Å². The van der Waals surface area contributed by atoms with Gasteiger partial charge in [-0.3, -0.25) is 0 Å². The summed E-state index contributed by atoms with van der Waals surface area (Å²) in [7, 11) is 0. The minimum atomic E-state index is 0.562. The van der Waals surface area contributed by atoms with E-state index in [1.807, 2.05) is 12.1 Å². The van der Waals surface area contributed by atoms with E-state index in [1.165, 1.54) is 10.4 Å². The highest BCUT2D eigenvalue weighted by molar-refractivity contribution is 7.12. The number of hydrogen-bond acceptors (Lipinski definition) is 4. The van der Waals surface area contributed by atoms with Gasteiger partial charge in [-0.15, -0.1) is 11.3 Å². The largest absolute Gasteiger partial charge is 0.486 e. The Kier molecular flexibility index (Phi) is 3.19. The third-order valence-electron chi connectivity index (χ3n) is 3.06. The quantitative estimate of drug-likeness (QED) is 0.916. The van der Waals surface area contributed by atoms with E-state index in [2.05, 4.69) is 29.4 Å². The van der Waals surface area contributed by atoms with Crippen LogP contribution in [0.5, 0.6) is 5.75 Å². The lowest BCUT2D eigenvalue weighted by Gasteiger charge is -2.05. The molecule has 1 aliphatic heterocycles. The second-order valence-electron chi connectivity index (χ2n) is 4.35. The number of aryl methyl sites for hydroxylation is 1. The van der Waals surface area contributed by atoms with Gasteiger partial charge in [0.1, 0.15) is 23.2 Å². The lowest BCUT2D eigenvalue weighted by atomic mass is 10.2. The van der Waals surface area contributed by atoms with Gasteiger partial charge in [-0.1, -0.05) is 19.1 Å². The standard InChI is InChI=1S/C14H16N2OS/c1-2-10-4-3-5-11(8-10)17-9-13-16-14-12(18-13)6-7-15-14/h3-5,8,15H,2,6-7,9H2,1H3. The number of nitrogens with zero attached hydrogens (tertiary/aromatic N) is 1. The van der Waals surface area contributed by atoms with Crippen molar-refractivity contribution in [2.75, 3.05) is 11.9 Å². The van der Waals surface area contributed by atoms with Gasteiger partial charge in [-0.2, -0.15) is 0 Å². The van der Waals surface area contributed by atoms with Crippen LogP contribution in [0.15, 0.2) is 24.3 Å². The Bertz CT molecular complexity index is 529. The van der Waals surface area contributed by atoms with Crippen LogP contribution in [0, 0.1) is 0 Å². The van der Waals surface area contributed by atoms with Crippen LogP contribution in [0.4, 0.5) is 5.82 Å². The summed E-state index contributed by atoms with van der Waals surface area (Å²) >= 11 is 1.75. The van der Waals surface area contributed by atoms with Gasteiger partial charge >= 0.3 is 0 Å². The number of hydrogen-bond donors (Lipinski definition) is 1. The summed E-state index contributed by atoms with van der Waals surface area (Å²) in [6, 6.07) is 8.25. The molecule has 1 aromatic heterocycles. The first kappa shape index (κ1) is 11.5. The topological polar surface area (TPSA) is 34.1 Å². The van der Waals surface area contributed by atoms with Crippen molar-refractivity contribution in [1.82, 2.24) is 4.98 Å². The van der Waals surface area contributed by atoms with E-state index in [4.69, 9.17) is 4.74 Å². The summed E-state index contributed by atoms with van der Waals surface area (Å²) in [4.78, 5) is 5.89. The van der Waals surface area contributed by atoms with E-state index >= 15 is 0 Å². The highest BCUT2D eigenvalue weighted by atomic mass is 32.1. The number of fused-ring (bicyclic) bond motifs is 1. The van der Waals surface area contributed by atoms with Crippen LogP contribution in [0.25, 0.3) is 0 Å². The molecular formula is C14H16N2OS. The fourth-order valence-corrected chi connectivity index (χ4v) is 3.02. The normalized spacial score (nSPS) is 13.2. The molecule has 0 bridgehead atoms. The van der Waals surface area contributed by atoms with E-state index in [9.17, 15) is 0 Å². The van der Waals surface area contributed by atoms with Gasteiger partial charge in [0.25, 0.3) is 0 Å². The molecule has 0 fully saturated rings. The van der Waals surface area contributed by atoms with Crippen molar-refractivity contribution >= 4 is 17.2 Å². The minimum Gasteiger partial charge on any atom is -0.486 e. The maximum absolute atomic E-state index is 5.79. The Morgan fingerprint density at radius 1 is 1.44 bits per heavy atom. The number of benzene rings is 1. The van der Waals surface area contributed by atoms with Gasteiger partial charge in [0.05, 0.1) is 4.88 Å². The number of thiazole rings is 1. The summed E-state index contributed by atoms with van der Waals surface area (Å²) < 4.78 is 5.79. The highest BCUT2D eigenvalue weighted by Crippen LogP contribution is 2.28. The smallest absolute Gasteiger partial charge is 0.140 e. The van der Waals surface area contributed by atoms with Crippen LogP contribution in [0.2, 0.25) is 0 Å². The molecule has 4 heteroatoms. The first-order valence-electron chi connectivity index (χ1n) is 6.29. The van der Waals surface area contributed by atoms with Crippen LogP contribution in [0.1, 0.15) is 22.4 Å². The molecule has 0 spiro atoms.